The standard InChI is InChI=1S/C13H15F2NO4/c14-9-3-1-8(7-10(9)15)2-4-12(18)16-11(5-6-17)13(19)20/h1,3,7,11,17H,2,4-6H2,(H,16,18)(H,19,20). The van der Waals surface area contributed by atoms with E-state index in [0.717, 1.165) is 12.1 Å². The normalized spacial score (nSPS) is 11.9. The predicted octanol–water partition coefficient (Wildman–Crippen LogP) is 0.849. The van der Waals surface area contributed by atoms with Crippen molar-refractivity contribution in [2.45, 2.75) is 25.3 Å². The van der Waals surface area contributed by atoms with Gasteiger partial charge < -0.3 is 15.5 Å². The summed E-state index contributed by atoms with van der Waals surface area (Å²) in [5, 5.41) is 19.7. The highest BCUT2D eigenvalue weighted by Gasteiger charge is 2.18. The third-order valence-corrected chi connectivity index (χ3v) is 2.68. The summed E-state index contributed by atoms with van der Waals surface area (Å²) in [6.45, 7) is -0.361. The van der Waals surface area contributed by atoms with E-state index in [1.807, 2.05) is 0 Å². The van der Waals surface area contributed by atoms with E-state index in [0.29, 0.717) is 5.56 Å². The summed E-state index contributed by atoms with van der Waals surface area (Å²) in [7, 11) is 0. The second-order valence-corrected chi connectivity index (χ2v) is 4.22. The van der Waals surface area contributed by atoms with Crippen molar-refractivity contribution in [3.05, 3.63) is 35.4 Å². The van der Waals surface area contributed by atoms with E-state index in [1.165, 1.54) is 6.07 Å². The number of halogens is 2. The number of hydrogen-bond donors (Lipinski definition) is 3. The summed E-state index contributed by atoms with van der Waals surface area (Å²) in [6.07, 6.45) is 0.0149. The van der Waals surface area contributed by atoms with Crippen LogP contribution in [-0.4, -0.2) is 34.7 Å². The number of aliphatic hydroxyl groups excluding tert-OH is 1. The van der Waals surface area contributed by atoms with Gasteiger partial charge in [-0.15, -0.1) is 0 Å². The maximum absolute atomic E-state index is 12.9. The van der Waals surface area contributed by atoms with E-state index in [1.54, 1.807) is 0 Å². The minimum atomic E-state index is -1.24. The van der Waals surface area contributed by atoms with Gasteiger partial charge in [-0.25, -0.2) is 13.6 Å². The number of carbonyl (C=O) groups excluding carboxylic acids is 1. The molecule has 0 bridgehead atoms. The Kier molecular flexibility index (Phi) is 6.05. The minimum Gasteiger partial charge on any atom is -0.480 e. The third-order valence-electron chi connectivity index (χ3n) is 2.68. The molecule has 1 amide bonds. The molecular formula is C13H15F2NO4. The molecule has 20 heavy (non-hydrogen) atoms. The molecule has 0 fully saturated rings. The van der Waals surface area contributed by atoms with Crippen LogP contribution in [0.4, 0.5) is 8.78 Å². The SMILES string of the molecule is O=C(CCc1ccc(F)c(F)c1)NC(CCO)C(=O)O. The Morgan fingerprint density at radius 1 is 1.25 bits per heavy atom. The van der Waals surface area contributed by atoms with Crippen molar-refractivity contribution in [1.29, 1.82) is 0 Å². The molecule has 5 nitrogen and oxygen atoms in total. The first-order chi connectivity index (χ1) is 9.43. The van der Waals surface area contributed by atoms with Crippen LogP contribution in [0.1, 0.15) is 18.4 Å². The molecule has 7 heteroatoms. The number of carboxylic acid groups (broad SMARTS) is 1. The van der Waals surface area contributed by atoms with E-state index >= 15 is 0 Å². The van der Waals surface area contributed by atoms with E-state index in [9.17, 15) is 18.4 Å². The van der Waals surface area contributed by atoms with E-state index in [4.69, 9.17) is 10.2 Å². The van der Waals surface area contributed by atoms with Crippen LogP contribution in [-0.2, 0) is 16.0 Å². The number of amides is 1. The predicted molar refractivity (Wildman–Crippen MR) is 65.9 cm³/mol. The molecule has 3 N–H and O–H groups in total. The second kappa shape index (κ2) is 7.54. The highest BCUT2D eigenvalue weighted by atomic mass is 19.2. The van der Waals surface area contributed by atoms with Crippen molar-refractivity contribution in [2.24, 2.45) is 0 Å². The Morgan fingerprint density at radius 3 is 2.50 bits per heavy atom. The molecule has 0 saturated carbocycles. The lowest BCUT2D eigenvalue weighted by atomic mass is 10.1. The summed E-state index contributed by atoms with van der Waals surface area (Å²) in [6, 6.07) is 2.16. The number of nitrogens with one attached hydrogen (secondary N) is 1. The lowest BCUT2D eigenvalue weighted by molar-refractivity contribution is -0.142. The van der Waals surface area contributed by atoms with Crippen LogP contribution in [0, 0.1) is 11.6 Å². The Morgan fingerprint density at radius 2 is 1.95 bits per heavy atom. The number of aryl methyl sites for hydroxylation is 1. The molecule has 1 aromatic carbocycles. The van der Waals surface area contributed by atoms with Crippen molar-refractivity contribution >= 4 is 11.9 Å². The van der Waals surface area contributed by atoms with Gasteiger partial charge >= 0.3 is 5.97 Å². The summed E-state index contributed by atoms with van der Waals surface area (Å²) >= 11 is 0. The Bertz CT molecular complexity index is 493. The number of benzene rings is 1. The van der Waals surface area contributed by atoms with Gasteiger partial charge in [0.1, 0.15) is 6.04 Å². The van der Waals surface area contributed by atoms with Gasteiger partial charge in [0.15, 0.2) is 11.6 Å². The number of carboxylic acids is 1. The zero-order valence-electron chi connectivity index (χ0n) is 10.6. The number of hydrogen-bond acceptors (Lipinski definition) is 3. The van der Waals surface area contributed by atoms with E-state index in [2.05, 4.69) is 5.32 Å². The van der Waals surface area contributed by atoms with Crippen molar-refractivity contribution < 1.29 is 28.6 Å². The molecule has 0 radical (unpaired) electrons. The molecule has 110 valence electrons. The molecule has 1 atom stereocenters. The first-order valence-electron chi connectivity index (χ1n) is 6.01. The molecule has 0 aliphatic rings. The summed E-state index contributed by atoms with van der Waals surface area (Å²) in [5.74, 6) is -3.73. The molecule has 0 heterocycles. The highest BCUT2D eigenvalue weighted by molar-refractivity contribution is 5.83. The fraction of sp³-hybridized carbons (Fsp3) is 0.385. The molecule has 0 aromatic heterocycles. The second-order valence-electron chi connectivity index (χ2n) is 4.22. The average molecular weight is 287 g/mol. The van der Waals surface area contributed by atoms with E-state index < -0.39 is 29.6 Å². The van der Waals surface area contributed by atoms with Crippen LogP contribution in [0.3, 0.4) is 0 Å². The highest BCUT2D eigenvalue weighted by Crippen LogP contribution is 2.10. The van der Waals surface area contributed by atoms with Crippen LogP contribution in [0.5, 0.6) is 0 Å². The third kappa shape index (κ3) is 4.93. The van der Waals surface area contributed by atoms with Gasteiger partial charge in [-0.05, 0) is 24.1 Å². The van der Waals surface area contributed by atoms with Gasteiger partial charge in [0.2, 0.25) is 5.91 Å². The zero-order chi connectivity index (χ0) is 15.1. The topological polar surface area (TPSA) is 86.6 Å². The molecule has 1 aromatic rings. The first-order valence-corrected chi connectivity index (χ1v) is 6.01. The van der Waals surface area contributed by atoms with Crippen molar-refractivity contribution in [1.82, 2.24) is 5.32 Å². The number of aliphatic hydroxyl groups is 1. The zero-order valence-corrected chi connectivity index (χ0v) is 10.6. The molecule has 0 aliphatic carbocycles. The van der Waals surface area contributed by atoms with E-state index in [-0.39, 0.29) is 25.9 Å². The van der Waals surface area contributed by atoms with Crippen LogP contribution in [0.15, 0.2) is 18.2 Å². The fourth-order valence-electron chi connectivity index (χ4n) is 1.61. The molecule has 1 rings (SSSR count). The van der Waals surface area contributed by atoms with Gasteiger partial charge in [0, 0.05) is 19.4 Å². The van der Waals surface area contributed by atoms with Crippen molar-refractivity contribution in [2.75, 3.05) is 6.61 Å². The van der Waals surface area contributed by atoms with Gasteiger partial charge in [0.25, 0.3) is 0 Å². The minimum absolute atomic E-state index is 0.0553. The Hall–Kier alpha value is -2.02. The Labute approximate surface area is 114 Å². The number of carbonyl (C=O) groups is 2. The molecular weight excluding hydrogens is 272 g/mol. The maximum Gasteiger partial charge on any atom is 0.326 e. The summed E-state index contributed by atoms with van der Waals surface area (Å²) in [4.78, 5) is 22.3. The molecule has 0 spiro atoms. The summed E-state index contributed by atoms with van der Waals surface area (Å²) in [5.41, 5.74) is 0.438. The van der Waals surface area contributed by atoms with Crippen LogP contribution >= 0.6 is 0 Å². The van der Waals surface area contributed by atoms with Crippen molar-refractivity contribution in [3.63, 3.8) is 0 Å². The lowest BCUT2D eigenvalue weighted by Crippen LogP contribution is -2.41. The first kappa shape index (κ1) is 16.0. The smallest absolute Gasteiger partial charge is 0.326 e. The molecule has 0 aliphatic heterocycles. The molecule has 0 saturated heterocycles. The largest absolute Gasteiger partial charge is 0.480 e. The monoisotopic (exact) mass is 287 g/mol. The quantitative estimate of drug-likeness (QED) is 0.694. The van der Waals surface area contributed by atoms with Gasteiger partial charge in [-0.3, -0.25) is 4.79 Å². The number of aliphatic carboxylic acids is 1. The van der Waals surface area contributed by atoms with Gasteiger partial charge in [-0.2, -0.15) is 0 Å². The fourth-order valence-corrected chi connectivity index (χ4v) is 1.61. The van der Waals surface area contributed by atoms with Gasteiger partial charge in [0.05, 0.1) is 0 Å². The molecule has 1 unspecified atom stereocenters. The summed E-state index contributed by atoms with van der Waals surface area (Å²) < 4.78 is 25.6. The maximum atomic E-state index is 12.9. The van der Waals surface area contributed by atoms with Crippen LogP contribution in [0.25, 0.3) is 0 Å². The average Bonchev–Trinajstić information content (AvgIpc) is 2.39. The number of rotatable bonds is 7. The van der Waals surface area contributed by atoms with Crippen molar-refractivity contribution in [3.8, 4) is 0 Å². The lowest BCUT2D eigenvalue weighted by Gasteiger charge is -2.13. The van der Waals surface area contributed by atoms with Gasteiger partial charge in [-0.1, -0.05) is 6.07 Å². The Balaban J connectivity index is 2.50. The van der Waals surface area contributed by atoms with Crippen LogP contribution < -0.4 is 5.32 Å². The van der Waals surface area contributed by atoms with Crippen LogP contribution in [0.2, 0.25) is 0 Å².